The molecule has 0 unspecified atom stereocenters. The predicted octanol–water partition coefficient (Wildman–Crippen LogP) is 3.54. The van der Waals surface area contributed by atoms with Crippen LogP contribution in [-0.4, -0.2) is 24.0 Å². The molecule has 1 heterocycles. The molecule has 1 aromatic carbocycles. The zero-order valence-corrected chi connectivity index (χ0v) is 14.8. The third-order valence-electron chi connectivity index (χ3n) is 3.11. The summed E-state index contributed by atoms with van der Waals surface area (Å²) >= 11 is 7.66. The number of nitrogens with one attached hydrogen (secondary N) is 2. The molecular weight excluding hydrogens is 335 g/mol. The molecule has 1 aromatic heterocycles. The van der Waals surface area contributed by atoms with Gasteiger partial charge in [0.25, 0.3) is 0 Å². The Morgan fingerprint density at radius 1 is 1.39 bits per heavy atom. The number of benzene rings is 1. The number of halogens is 2. The van der Waals surface area contributed by atoms with Gasteiger partial charge in [0.15, 0.2) is 5.96 Å². The van der Waals surface area contributed by atoms with Crippen molar-refractivity contribution >= 4 is 28.9 Å². The van der Waals surface area contributed by atoms with Crippen molar-refractivity contribution < 1.29 is 4.39 Å². The summed E-state index contributed by atoms with van der Waals surface area (Å²) in [5.41, 5.74) is 0.521. The third kappa shape index (κ3) is 5.48. The van der Waals surface area contributed by atoms with Gasteiger partial charge in [0.05, 0.1) is 6.54 Å². The van der Waals surface area contributed by atoms with Crippen molar-refractivity contribution in [2.45, 2.75) is 26.8 Å². The van der Waals surface area contributed by atoms with E-state index in [4.69, 9.17) is 11.6 Å². The molecule has 4 nitrogen and oxygen atoms in total. The molecule has 0 spiro atoms. The van der Waals surface area contributed by atoms with Gasteiger partial charge < -0.3 is 10.6 Å². The molecule has 0 amide bonds. The molecule has 0 fully saturated rings. The first kappa shape index (κ1) is 17.7. The van der Waals surface area contributed by atoms with Gasteiger partial charge in [-0.1, -0.05) is 17.7 Å². The van der Waals surface area contributed by atoms with Crippen LogP contribution in [0.1, 0.15) is 22.4 Å². The average Bonchev–Trinajstić information content (AvgIpc) is 2.93. The summed E-state index contributed by atoms with van der Waals surface area (Å²) in [6.07, 6.45) is 2.34. The van der Waals surface area contributed by atoms with E-state index in [9.17, 15) is 4.39 Å². The molecule has 0 saturated heterocycles. The predicted molar refractivity (Wildman–Crippen MR) is 94.8 cm³/mol. The lowest BCUT2D eigenvalue weighted by Crippen LogP contribution is -2.38. The summed E-state index contributed by atoms with van der Waals surface area (Å²) in [6.45, 7) is 5.84. The Morgan fingerprint density at radius 2 is 2.22 bits per heavy atom. The number of nitrogens with zero attached hydrogens (tertiary/aromatic N) is 2. The monoisotopic (exact) mass is 354 g/mol. The van der Waals surface area contributed by atoms with Gasteiger partial charge in [0, 0.05) is 34.7 Å². The van der Waals surface area contributed by atoms with Gasteiger partial charge in [-0.05, 0) is 32.4 Å². The zero-order chi connectivity index (χ0) is 16.7. The fourth-order valence-electron chi connectivity index (χ4n) is 2.04. The van der Waals surface area contributed by atoms with Gasteiger partial charge >= 0.3 is 0 Å². The van der Waals surface area contributed by atoms with Crippen LogP contribution in [0.3, 0.4) is 0 Å². The maximum atomic E-state index is 13.7. The Balaban J connectivity index is 1.91. The van der Waals surface area contributed by atoms with Crippen LogP contribution in [0.4, 0.5) is 4.39 Å². The highest BCUT2D eigenvalue weighted by Crippen LogP contribution is 2.19. The van der Waals surface area contributed by atoms with Crippen LogP contribution < -0.4 is 10.6 Å². The van der Waals surface area contributed by atoms with Crippen molar-refractivity contribution in [3.05, 3.63) is 50.7 Å². The lowest BCUT2D eigenvalue weighted by Gasteiger charge is -2.12. The largest absolute Gasteiger partial charge is 0.357 e. The first-order chi connectivity index (χ1) is 11.1. The van der Waals surface area contributed by atoms with E-state index in [2.05, 4.69) is 20.6 Å². The lowest BCUT2D eigenvalue weighted by molar-refractivity contribution is 0.607. The van der Waals surface area contributed by atoms with E-state index in [1.165, 1.54) is 10.9 Å². The number of rotatable bonds is 6. The van der Waals surface area contributed by atoms with Crippen molar-refractivity contribution in [3.8, 4) is 0 Å². The third-order valence-corrected chi connectivity index (χ3v) is 4.37. The molecule has 2 N–H and O–H groups in total. The van der Waals surface area contributed by atoms with E-state index in [0.717, 1.165) is 11.6 Å². The maximum Gasteiger partial charge on any atom is 0.191 e. The summed E-state index contributed by atoms with van der Waals surface area (Å²) in [4.78, 5) is 9.95. The molecule has 2 aromatic rings. The number of hydrogen-bond donors (Lipinski definition) is 2. The van der Waals surface area contributed by atoms with Crippen molar-refractivity contribution in [2.75, 3.05) is 13.1 Å². The van der Waals surface area contributed by atoms with E-state index in [1.807, 2.05) is 20.0 Å². The number of aryl methyl sites for hydroxylation is 1. The molecular formula is C16H20ClFN4S. The molecule has 0 aliphatic heterocycles. The van der Waals surface area contributed by atoms with E-state index in [1.54, 1.807) is 23.5 Å². The minimum atomic E-state index is -0.278. The van der Waals surface area contributed by atoms with Gasteiger partial charge in [-0.3, -0.25) is 0 Å². The van der Waals surface area contributed by atoms with E-state index in [0.29, 0.717) is 36.1 Å². The molecule has 0 saturated carbocycles. The van der Waals surface area contributed by atoms with Crippen molar-refractivity contribution in [2.24, 2.45) is 4.99 Å². The average molecular weight is 355 g/mol. The van der Waals surface area contributed by atoms with Gasteiger partial charge in [0.2, 0.25) is 0 Å². The molecule has 7 heteroatoms. The van der Waals surface area contributed by atoms with Gasteiger partial charge in [0.1, 0.15) is 10.8 Å². The standard InChI is InChI=1S/C16H20ClFN4S/c1-3-19-16(22-10-15-21-9-11(2)23-15)20-8-7-12-13(17)5-4-6-14(12)18/h4-6,9H,3,7-8,10H2,1-2H3,(H2,19,20,22). The lowest BCUT2D eigenvalue weighted by atomic mass is 10.1. The Hall–Kier alpha value is -1.66. The van der Waals surface area contributed by atoms with Crippen molar-refractivity contribution in [1.29, 1.82) is 0 Å². The van der Waals surface area contributed by atoms with E-state index in [-0.39, 0.29) is 5.82 Å². The normalized spacial score (nSPS) is 11.6. The summed E-state index contributed by atoms with van der Waals surface area (Å²) < 4.78 is 13.7. The summed E-state index contributed by atoms with van der Waals surface area (Å²) in [6, 6.07) is 4.73. The van der Waals surface area contributed by atoms with Crippen LogP contribution in [0, 0.1) is 12.7 Å². The fourth-order valence-corrected chi connectivity index (χ4v) is 3.01. The van der Waals surface area contributed by atoms with Crippen molar-refractivity contribution in [1.82, 2.24) is 15.6 Å². The number of hydrogen-bond acceptors (Lipinski definition) is 3. The van der Waals surface area contributed by atoms with Crippen LogP contribution in [0.25, 0.3) is 0 Å². The van der Waals surface area contributed by atoms with Crippen LogP contribution in [0.5, 0.6) is 0 Å². The second kappa shape index (κ2) is 8.84. The number of thiazole rings is 1. The maximum absolute atomic E-state index is 13.7. The minimum absolute atomic E-state index is 0.278. The molecule has 0 aliphatic carbocycles. The summed E-state index contributed by atoms with van der Waals surface area (Å²) in [5, 5.41) is 7.78. The highest BCUT2D eigenvalue weighted by Gasteiger charge is 2.07. The highest BCUT2D eigenvalue weighted by atomic mass is 35.5. The first-order valence-electron chi connectivity index (χ1n) is 7.46. The molecule has 124 valence electrons. The zero-order valence-electron chi connectivity index (χ0n) is 13.2. The van der Waals surface area contributed by atoms with Crippen LogP contribution in [0.2, 0.25) is 5.02 Å². The molecule has 0 atom stereocenters. The topological polar surface area (TPSA) is 49.3 Å². The van der Waals surface area contributed by atoms with Crippen molar-refractivity contribution in [3.63, 3.8) is 0 Å². The Bertz CT molecular complexity index is 652. The molecule has 2 rings (SSSR count). The molecule has 0 bridgehead atoms. The Labute approximate surface area is 144 Å². The summed E-state index contributed by atoms with van der Waals surface area (Å²) in [7, 11) is 0. The molecule has 0 radical (unpaired) electrons. The second-order valence-corrected chi connectivity index (χ2v) is 6.66. The number of aromatic nitrogens is 1. The molecule has 23 heavy (non-hydrogen) atoms. The van der Waals surface area contributed by atoms with Crippen LogP contribution in [-0.2, 0) is 13.0 Å². The van der Waals surface area contributed by atoms with E-state index < -0.39 is 0 Å². The van der Waals surface area contributed by atoms with Gasteiger partial charge in [-0.2, -0.15) is 0 Å². The van der Waals surface area contributed by atoms with Crippen LogP contribution >= 0.6 is 22.9 Å². The number of guanidine groups is 1. The minimum Gasteiger partial charge on any atom is -0.357 e. The first-order valence-corrected chi connectivity index (χ1v) is 8.66. The summed E-state index contributed by atoms with van der Waals surface area (Å²) in [5.74, 6) is 0.410. The quantitative estimate of drug-likeness (QED) is 0.616. The second-order valence-electron chi connectivity index (χ2n) is 4.94. The van der Waals surface area contributed by atoms with Gasteiger partial charge in [-0.15, -0.1) is 11.3 Å². The van der Waals surface area contributed by atoms with Crippen LogP contribution in [0.15, 0.2) is 29.4 Å². The SMILES string of the molecule is CCNC(=NCc1ncc(C)s1)NCCc1c(F)cccc1Cl. The Kier molecular flexibility index (Phi) is 6.80. The van der Waals surface area contributed by atoms with E-state index >= 15 is 0 Å². The number of aliphatic imine (C=N–C) groups is 1. The molecule has 0 aliphatic rings. The smallest absolute Gasteiger partial charge is 0.191 e. The Morgan fingerprint density at radius 3 is 2.87 bits per heavy atom. The highest BCUT2D eigenvalue weighted by molar-refractivity contribution is 7.11. The fraction of sp³-hybridized carbons (Fsp3) is 0.375. The van der Waals surface area contributed by atoms with Gasteiger partial charge in [-0.25, -0.2) is 14.4 Å².